The molecule has 4 nitrogen and oxygen atoms in total. The predicted octanol–water partition coefficient (Wildman–Crippen LogP) is 3.30. The molecule has 19 heavy (non-hydrogen) atoms. The van der Waals surface area contributed by atoms with Crippen LogP contribution in [0.1, 0.15) is 28.4 Å². The van der Waals surface area contributed by atoms with E-state index < -0.39 is 5.97 Å². The lowest BCUT2D eigenvalue weighted by Crippen LogP contribution is -2.23. The lowest BCUT2D eigenvalue weighted by atomic mass is 10.0. The number of aryl methyl sites for hydroxylation is 2. The molecular formula is C14H20N2O2S. The van der Waals surface area contributed by atoms with E-state index in [1.807, 2.05) is 26.3 Å². The van der Waals surface area contributed by atoms with E-state index in [4.69, 9.17) is 5.11 Å². The van der Waals surface area contributed by atoms with Crippen LogP contribution in [-0.4, -0.2) is 41.0 Å². The molecule has 104 valence electrons. The third kappa shape index (κ3) is 3.73. The molecular weight excluding hydrogens is 260 g/mol. The van der Waals surface area contributed by atoms with Gasteiger partial charge in [-0.2, -0.15) is 0 Å². The highest BCUT2D eigenvalue weighted by molar-refractivity contribution is 8.13. The molecule has 0 heterocycles. The highest BCUT2D eigenvalue weighted by Crippen LogP contribution is 2.25. The third-order valence-corrected chi connectivity index (χ3v) is 3.74. The number of hydrogen-bond donors (Lipinski definition) is 1. The van der Waals surface area contributed by atoms with Crippen molar-refractivity contribution in [3.63, 3.8) is 0 Å². The van der Waals surface area contributed by atoms with E-state index in [2.05, 4.69) is 16.8 Å². The second-order valence-electron chi connectivity index (χ2n) is 4.37. The predicted molar refractivity (Wildman–Crippen MR) is 81.8 cm³/mol. The van der Waals surface area contributed by atoms with Gasteiger partial charge in [-0.3, -0.25) is 0 Å². The number of thioether (sulfide) groups is 1. The van der Waals surface area contributed by atoms with Gasteiger partial charge in [0.05, 0.1) is 11.3 Å². The standard InChI is InChI=1S/C14H20N2O2S/c1-6-16(4)14(19-5)15-12-8-9(2)11(13(17)18)7-10(12)3/h7-8H,6H2,1-5H3,(H,17,18). The Morgan fingerprint density at radius 3 is 2.47 bits per heavy atom. The second-order valence-corrected chi connectivity index (χ2v) is 5.14. The van der Waals surface area contributed by atoms with Crippen LogP contribution in [-0.2, 0) is 0 Å². The minimum atomic E-state index is -0.896. The number of aliphatic imine (C=N–C) groups is 1. The van der Waals surface area contributed by atoms with Crippen molar-refractivity contribution in [1.82, 2.24) is 4.90 Å². The first-order valence-corrected chi connectivity index (χ1v) is 7.31. The number of carboxylic acid groups (broad SMARTS) is 1. The summed E-state index contributed by atoms with van der Waals surface area (Å²) in [7, 11) is 1.99. The first-order valence-electron chi connectivity index (χ1n) is 6.09. The second kappa shape index (κ2) is 6.61. The van der Waals surface area contributed by atoms with Crippen molar-refractivity contribution in [3.8, 4) is 0 Å². The molecule has 1 aromatic rings. The maximum absolute atomic E-state index is 11.1. The Hall–Kier alpha value is -1.49. The summed E-state index contributed by atoms with van der Waals surface area (Å²) >= 11 is 1.58. The number of nitrogens with zero attached hydrogens (tertiary/aromatic N) is 2. The lowest BCUT2D eigenvalue weighted by Gasteiger charge is -2.18. The first kappa shape index (κ1) is 15.6. The summed E-state index contributed by atoms with van der Waals surface area (Å²) in [5.74, 6) is -0.896. The molecule has 0 fully saturated rings. The topological polar surface area (TPSA) is 52.9 Å². The Kier molecular flexibility index (Phi) is 5.42. The number of benzene rings is 1. The normalized spacial score (nSPS) is 11.5. The molecule has 0 radical (unpaired) electrons. The van der Waals surface area contributed by atoms with Crippen molar-refractivity contribution in [3.05, 3.63) is 28.8 Å². The van der Waals surface area contributed by atoms with E-state index in [1.54, 1.807) is 24.8 Å². The number of rotatable bonds is 3. The molecule has 1 aromatic carbocycles. The van der Waals surface area contributed by atoms with E-state index in [0.717, 1.165) is 28.5 Å². The molecule has 5 heteroatoms. The van der Waals surface area contributed by atoms with Gasteiger partial charge in [0, 0.05) is 13.6 Å². The SMILES string of the molecule is CCN(C)C(=Nc1cc(C)c(C(=O)O)cc1C)SC. The highest BCUT2D eigenvalue weighted by Gasteiger charge is 2.11. The third-order valence-electron chi connectivity index (χ3n) is 2.97. The largest absolute Gasteiger partial charge is 0.478 e. The van der Waals surface area contributed by atoms with Crippen LogP contribution in [0.3, 0.4) is 0 Å². The molecule has 0 bridgehead atoms. The summed E-state index contributed by atoms with van der Waals surface area (Å²) < 4.78 is 0. The minimum Gasteiger partial charge on any atom is -0.478 e. The van der Waals surface area contributed by atoms with Crippen molar-refractivity contribution >= 4 is 28.6 Å². The molecule has 0 aliphatic heterocycles. The van der Waals surface area contributed by atoms with Crippen LogP contribution >= 0.6 is 11.8 Å². The van der Waals surface area contributed by atoms with Crippen LogP contribution in [0.4, 0.5) is 5.69 Å². The van der Waals surface area contributed by atoms with Gasteiger partial charge < -0.3 is 10.0 Å². The Labute approximate surface area is 118 Å². The molecule has 1 N–H and O–H groups in total. The Morgan fingerprint density at radius 1 is 1.37 bits per heavy atom. The average molecular weight is 280 g/mol. The van der Waals surface area contributed by atoms with Crippen molar-refractivity contribution in [2.75, 3.05) is 19.8 Å². The smallest absolute Gasteiger partial charge is 0.335 e. The summed E-state index contributed by atoms with van der Waals surface area (Å²) in [6, 6.07) is 3.51. The van der Waals surface area contributed by atoms with E-state index >= 15 is 0 Å². The Bertz CT molecular complexity index is 512. The number of aromatic carboxylic acids is 1. The van der Waals surface area contributed by atoms with Gasteiger partial charge in [-0.1, -0.05) is 11.8 Å². The summed E-state index contributed by atoms with van der Waals surface area (Å²) in [5, 5.41) is 10.0. The van der Waals surface area contributed by atoms with Gasteiger partial charge in [-0.05, 0) is 50.3 Å². The van der Waals surface area contributed by atoms with Gasteiger partial charge in [0.15, 0.2) is 5.17 Å². The van der Waals surface area contributed by atoms with E-state index in [1.165, 1.54) is 0 Å². The van der Waals surface area contributed by atoms with Gasteiger partial charge in [-0.15, -0.1) is 0 Å². The molecule has 0 saturated carbocycles. The van der Waals surface area contributed by atoms with Crippen molar-refractivity contribution in [1.29, 1.82) is 0 Å². The van der Waals surface area contributed by atoms with E-state index in [9.17, 15) is 4.79 Å². The maximum atomic E-state index is 11.1. The molecule has 1 rings (SSSR count). The van der Waals surface area contributed by atoms with Gasteiger partial charge >= 0.3 is 5.97 Å². The molecule has 0 saturated heterocycles. The van der Waals surface area contributed by atoms with Gasteiger partial charge in [0.1, 0.15) is 0 Å². The molecule has 0 aliphatic rings. The zero-order chi connectivity index (χ0) is 14.6. The van der Waals surface area contributed by atoms with Crippen molar-refractivity contribution in [2.24, 2.45) is 4.99 Å². The van der Waals surface area contributed by atoms with Crippen LogP contribution in [0.5, 0.6) is 0 Å². The molecule has 0 aromatic heterocycles. The highest BCUT2D eigenvalue weighted by atomic mass is 32.2. The summed E-state index contributed by atoms with van der Waals surface area (Å²) in [4.78, 5) is 17.8. The zero-order valence-corrected chi connectivity index (χ0v) is 12.8. The van der Waals surface area contributed by atoms with Crippen LogP contribution in [0.25, 0.3) is 0 Å². The summed E-state index contributed by atoms with van der Waals surface area (Å²) in [5.41, 5.74) is 2.77. The lowest BCUT2D eigenvalue weighted by molar-refractivity contribution is 0.0696. The summed E-state index contributed by atoms with van der Waals surface area (Å²) in [6.07, 6.45) is 1.98. The molecule has 0 atom stereocenters. The number of carboxylic acids is 1. The average Bonchev–Trinajstić information content (AvgIpc) is 2.37. The fraction of sp³-hybridized carbons (Fsp3) is 0.429. The van der Waals surface area contributed by atoms with E-state index in [0.29, 0.717) is 5.56 Å². The molecule has 0 spiro atoms. The molecule has 0 unspecified atom stereocenters. The maximum Gasteiger partial charge on any atom is 0.335 e. The van der Waals surface area contributed by atoms with Crippen molar-refractivity contribution < 1.29 is 9.90 Å². The first-order chi connectivity index (χ1) is 8.90. The summed E-state index contributed by atoms with van der Waals surface area (Å²) in [6.45, 7) is 6.63. The Balaban J connectivity index is 3.25. The monoisotopic (exact) mass is 280 g/mol. The fourth-order valence-corrected chi connectivity index (χ4v) is 2.31. The van der Waals surface area contributed by atoms with Gasteiger partial charge in [0.25, 0.3) is 0 Å². The van der Waals surface area contributed by atoms with Crippen LogP contribution in [0.15, 0.2) is 17.1 Å². The van der Waals surface area contributed by atoms with E-state index in [-0.39, 0.29) is 0 Å². The number of hydrogen-bond acceptors (Lipinski definition) is 3. The van der Waals surface area contributed by atoms with Crippen LogP contribution in [0.2, 0.25) is 0 Å². The molecule has 0 amide bonds. The minimum absolute atomic E-state index is 0.339. The fourth-order valence-electron chi connectivity index (χ4n) is 1.68. The zero-order valence-electron chi connectivity index (χ0n) is 12.0. The van der Waals surface area contributed by atoms with Gasteiger partial charge in [-0.25, -0.2) is 9.79 Å². The quantitative estimate of drug-likeness (QED) is 0.682. The number of carbonyl (C=O) groups is 1. The Morgan fingerprint density at radius 2 is 2.00 bits per heavy atom. The van der Waals surface area contributed by atoms with Crippen molar-refractivity contribution in [2.45, 2.75) is 20.8 Å². The van der Waals surface area contributed by atoms with Gasteiger partial charge in [0.2, 0.25) is 0 Å². The number of amidine groups is 1. The van der Waals surface area contributed by atoms with Crippen LogP contribution < -0.4 is 0 Å². The van der Waals surface area contributed by atoms with Crippen LogP contribution in [0, 0.1) is 13.8 Å². The molecule has 0 aliphatic carbocycles.